The van der Waals surface area contributed by atoms with E-state index in [0.29, 0.717) is 31.0 Å². The molecule has 1 aromatic heterocycles. The monoisotopic (exact) mass is 416 g/mol. The Morgan fingerprint density at radius 1 is 1.17 bits per heavy atom. The summed E-state index contributed by atoms with van der Waals surface area (Å²) in [5.41, 5.74) is 2.30. The normalized spacial score (nSPS) is 14.4. The number of amides is 1. The average molecular weight is 417 g/mol. The number of esters is 1. The number of carbonyl (C=O) groups excluding carboxylic acids is 2. The summed E-state index contributed by atoms with van der Waals surface area (Å²) in [7, 11) is 1.36. The Balaban J connectivity index is 1.51. The minimum absolute atomic E-state index is 0.0417. The van der Waals surface area contributed by atoms with E-state index in [2.05, 4.69) is 16.6 Å². The topological polar surface area (TPSA) is 63.0 Å². The second-order valence-electron chi connectivity index (χ2n) is 6.96. The maximum atomic E-state index is 12.5. The Morgan fingerprint density at radius 3 is 2.66 bits per heavy atom. The molecule has 0 N–H and O–H groups in total. The molecule has 0 bridgehead atoms. The van der Waals surface area contributed by atoms with E-state index < -0.39 is 0 Å². The Morgan fingerprint density at radius 2 is 1.93 bits per heavy atom. The quantitative estimate of drug-likeness (QED) is 0.530. The molecule has 1 amide bonds. The van der Waals surface area contributed by atoms with Gasteiger partial charge in [0.15, 0.2) is 0 Å². The van der Waals surface area contributed by atoms with Crippen molar-refractivity contribution in [3.8, 4) is 0 Å². The molecular weight excluding hydrogens is 392 g/mol. The lowest BCUT2D eigenvalue weighted by atomic mass is 10.1. The molecule has 1 aliphatic rings. The number of halogens is 1. The Bertz CT molecular complexity index is 898. The molecule has 1 fully saturated rings. The molecule has 0 aliphatic carbocycles. The van der Waals surface area contributed by atoms with Crippen molar-refractivity contribution in [1.82, 2.24) is 4.90 Å². The van der Waals surface area contributed by atoms with Crippen molar-refractivity contribution in [2.75, 3.05) is 38.2 Å². The van der Waals surface area contributed by atoms with Crippen LogP contribution in [0.15, 0.2) is 40.8 Å². The third-order valence-electron chi connectivity index (χ3n) is 4.98. The number of rotatable bonds is 6. The minimum Gasteiger partial charge on any atom is -0.469 e. The van der Waals surface area contributed by atoms with Crippen LogP contribution in [0.4, 0.5) is 5.69 Å². The van der Waals surface area contributed by atoms with E-state index in [1.807, 2.05) is 23.1 Å². The van der Waals surface area contributed by atoms with Crippen molar-refractivity contribution in [3.05, 3.63) is 58.5 Å². The number of carbonyl (C=O) groups is 2. The second kappa shape index (κ2) is 9.65. The molecule has 1 aromatic carbocycles. The number of piperazine rings is 1. The van der Waals surface area contributed by atoms with Crippen LogP contribution < -0.4 is 4.90 Å². The number of nitrogens with zero attached hydrogens (tertiary/aromatic N) is 2. The van der Waals surface area contributed by atoms with Crippen LogP contribution >= 0.6 is 11.6 Å². The van der Waals surface area contributed by atoms with Gasteiger partial charge in [0.05, 0.1) is 13.5 Å². The SMILES string of the molecule is COC(=O)CCc1ccc(/C=C/C(=O)N2CCN(c3cc(Cl)ccc3C)CC2)o1. The molecule has 0 atom stereocenters. The van der Waals surface area contributed by atoms with Crippen LogP contribution in [-0.2, 0) is 20.7 Å². The van der Waals surface area contributed by atoms with E-state index in [1.165, 1.54) is 18.7 Å². The molecule has 0 saturated carbocycles. The van der Waals surface area contributed by atoms with E-state index in [0.717, 1.165) is 23.8 Å². The Hall–Kier alpha value is -2.73. The molecule has 1 saturated heterocycles. The molecule has 29 heavy (non-hydrogen) atoms. The minimum atomic E-state index is -0.277. The van der Waals surface area contributed by atoms with Crippen molar-refractivity contribution in [2.45, 2.75) is 19.8 Å². The summed E-state index contributed by atoms with van der Waals surface area (Å²) in [4.78, 5) is 27.8. The first-order valence-corrected chi connectivity index (χ1v) is 9.97. The van der Waals surface area contributed by atoms with E-state index in [-0.39, 0.29) is 18.3 Å². The highest BCUT2D eigenvalue weighted by atomic mass is 35.5. The van der Waals surface area contributed by atoms with E-state index >= 15 is 0 Å². The molecule has 0 unspecified atom stereocenters. The van der Waals surface area contributed by atoms with Gasteiger partial charge >= 0.3 is 5.97 Å². The zero-order valence-corrected chi connectivity index (χ0v) is 17.4. The lowest BCUT2D eigenvalue weighted by molar-refractivity contribution is -0.140. The first-order valence-electron chi connectivity index (χ1n) is 9.60. The molecule has 7 heteroatoms. The van der Waals surface area contributed by atoms with Crippen LogP contribution in [-0.4, -0.2) is 50.1 Å². The molecule has 0 spiro atoms. The number of benzene rings is 1. The zero-order chi connectivity index (χ0) is 20.8. The summed E-state index contributed by atoms with van der Waals surface area (Å²) in [5, 5.41) is 0.719. The summed E-state index contributed by atoms with van der Waals surface area (Å²) in [5.74, 6) is 0.958. The van der Waals surface area contributed by atoms with Crippen LogP contribution in [0.25, 0.3) is 6.08 Å². The van der Waals surface area contributed by atoms with Gasteiger partial charge in [-0.1, -0.05) is 17.7 Å². The van der Waals surface area contributed by atoms with Gasteiger partial charge in [0, 0.05) is 49.4 Å². The van der Waals surface area contributed by atoms with Crippen molar-refractivity contribution >= 4 is 35.2 Å². The lowest BCUT2D eigenvalue weighted by Gasteiger charge is -2.36. The molecular formula is C22H25ClN2O4. The van der Waals surface area contributed by atoms with Crippen LogP contribution in [0, 0.1) is 6.92 Å². The largest absolute Gasteiger partial charge is 0.469 e. The summed E-state index contributed by atoms with van der Waals surface area (Å²) in [6, 6.07) is 9.47. The number of hydrogen-bond acceptors (Lipinski definition) is 5. The summed E-state index contributed by atoms with van der Waals surface area (Å²) < 4.78 is 10.2. The van der Waals surface area contributed by atoms with Gasteiger partial charge < -0.3 is 19.0 Å². The smallest absolute Gasteiger partial charge is 0.305 e. The van der Waals surface area contributed by atoms with Crippen molar-refractivity contribution in [3.63, 3.8) is 0 Å². The molecule has 1 aliphatic heterocycles. The third-order valence-corrected chi connectivity index (χ3v) is 5.21. The van der Waals surface area contributed by atoms with Gasteiger partial charge in [-0.15, -0.1) is 0 Å². The first-order chi connectivity index (χ1) is 14.0. The fraction of sp³-hybridized carbons (Fsp3) is 0.364. The lowest BCUT2D eigenvalue weighted by Crippen LogP contribution is -2.48. The van der Waals surface area contributed by atoms with Crippen LogP contribution in [0.1, 0.15) is 23.5 Å². The van der Waals surface area contributed by atoms with E-state index in [1.54, 1.807) is 18.2 Å². The first kappa shape index (κ1) is 21.0. The molecule has 6 nitrogen and oxygen atoms in total. The number of aryl methyl sites for hydroxylation is 2. The van der Waals surface area contributed by atoms with Crippen molar-refractivity contribution in [1.29, 1.82) is 0 Å². The number of anilines is 1. The average Bonchev–Trinajstić information content (AvgIpc) is 3.20. The third kappa shape index (κ3) is 5.64. The second-order valence-corrected chi connectivity index (χ2v) is 7.39. The maximum absolute atomic E-state index is 12.5. The zero-order valence-electron chi connectivity index (χ0n) is 16.7. The van der Waals surface area contributed by atoms with Crippen LogP contribution in [0.3, 0.4) is 0 Å². The van der Waals surface area contributed by atoms with Gasteiger partial charge in [-0.3, -0.25) is 9.59 Å². The van der Waals surface area contributed by atoms with Gasteiger partial charge in [-0.05, 0) is 42.8 Å². The highest BCUT2D eigenvalue weighted by Crippen LogP contribution is 2.25. The van der Waals surface area contributed by atoms with Gasteiger partial charge in [0.2, 0.25) is 5.91 Å². The highest BCUT2D eigenvalue weighted by Gasteiger charge is 2.21. The number of hydrogen-bond donors (Lipinski definition) is 0. The van der Waals surface area contributed by atoms with Crippen LogP contribution in [0.5, 0.6) is 0 Å². The molecule has 2 heterocycles. The van der Waals surface area contributed by atoms with E-state index in [9.17, 15) is 9.59 Å². The standard InChI is InChI=1S/C22H25ClN2O4/c1-16-3-4-17(23)15-20(16)24-11-13-25(14-12-24)21(26)9-7-18-5-6-19(29-18)8-10-22(27)28-2/h3-7,9,15H,8,10-14H2,1-2H3/b9-7+. The number of ether oxygens (including phenoxy) is 1. The predicted molar refractivity (Wildman–Crippen MR) is 113 cm³/mol. The van der Waals surface area contributed by atoms with Crippen molar-refractivity contribution < 1.29 is 18.7 Å². The van der Waals surface area contributed by atoms with Gasteiger partial charge in [0.1, 0.15) is 11.5 Å². The molecule has 2 aromatic rings. The maximum Gasteiger partial charge on any atom is 0.305 e. The molecule has 154 valence electrons. The highest BCUT2D eigenvalue weighted by molar-refractivity contribution is 6.30. The van der Waals surface area contributed by atoms with Crippen molar-refractivity contribution in [2.24, 2.45) is 0 Å². The van der Waals surface area contributed by atoms with Gasteiger partial charge in [-0.25, -0.2) is 0 Å². The van der Waals surface area contributed by atoms with E-state index in [4.69, 9.17) is 16.0 Å². The molecule has 0 radical (unpaired) electrons. The van der Waals surface area contributed by atoms with Gasteiger partial charge in [0.25, 0.3) is 0 Å². The fourth-order valence-electron chi connectivity index (χ4n) is 3.30. The summed E-state index contributed by atoms with van der Waals surface area (Å²) in [6.07, 6.45) is 3.93. The predicted octanol–water partition coefficient (Wildman–Crippen LogP) is 3.71. The summed E-state index contributed by atoms with van der Waals surface area (Å²) >= 11 is 6.13. The Kier molecular flexibility index (Phi) is 6.99. The molecule has 3 rings (SSSR count). The summed E-state index contributed by atoms with van der Waals surface area (Å²) in [6.45, 7) is 4.89. The van der Waals surface area contributed by atoms with Crippen LogP contribution in [0.2, 0.25) is 5.02 Å². The number of furan rings is 1. The Labute approximate surface area is 175 Å². The van der Waals surface area contributed by atoms with Gasteiger partial charge in [-0.2, -0.15) is 0 Å². The number of methoxy groups -OCH3 is 1. The fourth-order valence-corrected chi connectivity index (χ4v) is 3.46.